The van der Waals surface area contributed by atoms with Crippen LogP contribution in [0.25, 0.3) is 0 Å². The topological polar surface area (TPSA) is 38.3 Å². The van der Waals surface area contributed by atoms with Gasteiger partial charge < -0.3 is 10.1 Å². The predicted octanol–water partition coefficient (Wildman–Crippen LogP) is 3.88. The third kappa shape index (κ3) is 3.48. The van der Waals surface area contributed by atoms with Gasteiger partial charge in [0.25, 0.3) is 0 Å². The van der Waals surface area contributed by atoms with Gasteiger partial charge in [-0.2, -0.15) is 0 Å². The molecule has 0 radical (unpaired) electrons. The molecule has 5 heteroatoms. The highest BCUT2D eigenvalue weighted by Gasteiger charge is 2.05. The van der Waals surface area contributed by atoms with E-state index in [9.17, 15) is 9.18 Å². The van der Waals surface area contributed by atoms with E-state index in [2.05, 4.69) is 10.1 Å². The Morgan fingerprint density at radius 2 is 1.95 bits per heavy atom. The fraction of sp³-hybridized carbons (Fsp3) is 0.133. The smallest absolute Gasteiger partial charge is 0.337 e. The van der Waals surface area contributed by atoms with Crippen LogP contribution in [0.4, 0.5) is 10.1 Å². The van der Waals surface area contributed by atoms with Crippen molar-refractivity contribution in [3.05, 3.63) is 64.4 Å². The van der Waals surface area contributed by atoms with E-state index < -0.39 is 5.97 Å². The minimum atomic E-state index is -0.391. The molecule has 0 aliphatic heterocycles. The van der Waals surface area contributed by atoms with E-state index in [4.69, 9.17) is 11.6 Å². The van der Waals surface area contributed by atoms with Gasteiger partial charge in [0.2, 0.25) is 0 Å². The summed E-state index contributed by atoms with van der Waals surface area (Å²) in [6.45, 7) is 0.309. The van der Waals surface area contributed by atoms with E-state index in [0.29, 0.717) is 22.7 Å². The van der Waals surface area contributed by atoms with Crippen LogP contribution >= 0.6 is 11.6 Å². The second kappa shape index (κ2) is 6.39. The monoisotopic (exact) mass is 293 g/mol. The maximum absolute atomic E-state index is 13.5. The van der Waals surface area contributed by atoms with E-state index in [-0.39, 0.29) is 5.82 Å². The van der Waals surface area contributed by atoms with Gasteiger partial charge in [-0.3, -0.25) is 0 Å². The summed E-state index contributed by atoms with van der Waals surface area (Å²) in [6.07, 6.45) is 0. The van der Waals surface area contributed by atoms with Crippen LogP contribution in [0.15, 0.2) is 42.5 Å². The second-order valence-electron chi connectivity index (χ2n) is 4.16. The molecule has 104 valence electrons. The number of rotatable bonds is 4. The molecule has 0 aromatic heterocycles. The van der Waals surface area contributed by atoms with Crippen molar-refractivity contribution in [3.8, 4) is 0 Å². The van der Waals surface area contributed by atoms with Gasteiger partial charge in [-0.1, -0.05) is 11.6 Å². The molecule has 0 unspecified atom stereocenters. The van der Waals surface area contributed by atoms with Gasteiger partial charge in [0.1, 0.15) is 5.82 Å². The Morgan fingerprint density at radius 1 is 1.25 bits per heavy atom. The average molecular weight is 294 g/mol. The van der Waals surface area contributed by atoms with Gasteiger partial charge >= 0.3 is 5.97 Å². The summed E-state index contributed by atoms with van der Waals surface area (Å²) < 4.78 is 18.1. The van der Waals surface area contributed by atoms with E-state index in [1.54, 1.807) is 30.3 Å². The number of nitrogens with one attached hydrogen (secondary N) is 1. The maximum Gasteiger partial charge on any atom is 0.337 e. The van der Waals surface area contributed by atoms with E-state index >= 15 is 0 Å². The lowest BCUT2D eigenvalue weighted by atomic mass is 10.2. The summed E-state index contributed by atoms with van der Waals surface area (Å²) in [5, 5.41) is 3.55. The van der Waals surface area contributed by atoms with Gasteiger partial charge in [-0.15, -0.1) is 0 Å². The lowest BCUT2D eigenvalue weighted by Crippen LogP contribution is -2.03. The summed E-state index contributed by atoms with van der Waals surface area (Å²) >= 11 is 5.82. The lowest BCUT2D eigenvalue weighted by molar-refractivity contribution is 0.0601. The Labute approximate surface area is 121 Å². The highest BCUT2D eigenvalue weighted by molar-refractivity contribution is 6.30. The highest BCUT2D eigenvalue weighted by Crippen LogP contribution is 2.17. The van der Waals surface area contributed by atoms with Crippen LogP contribution in [-0.2, 0) is 11.3 Å². The zero-order valence-corrected chi connectivity index (χ0v) is 11.6. The molecule has 2 aromatic rings. The molecule has 0 saturated heterocycles. The number of halogens is 2. The highest BCUT2D eigenvalue weighted by atomic mass is 35.5. The molecule has 0 atom stereocenters. The van der Waals surface area contributed by atoms with E-state index in [0.717, 1.165) is 5.69 Å². The van der Waals surface area contributed by atoms with Crippen molar-refractivity contribution in [2.45, 2.75) is 6.54 Å². The summed E-state index contributed by atoms with van der Waals surface area (Å²) in [7, 11) is 1.33. The van der Waals surface area contributed by atoms with Crippen molar-refractivity contribution in [2.75, 3.05) is 12.4 Å². The minimum absolute atomic E-state index is 0.309. The number of carbonyl (C=O) groups excluding carboxylic acids is 1. The molecule has 0 spiro atoms. The summed E-state index contributed by atoms with van der Waals surface area (Å²) in [4.78, 5) is 11.3. The number of anilines is 1. The molecule has 1 N–H and O–H groups in total. The van der Waals surface area contributed by atoms with Crippen LogP contribution < -0.4 is 5.32 Å². The van der Waals surface area contributed by atoms with Crippen molar-refractivity contribution in [1.29, 1.82) is 0 Å². The fourth-order valence-corrected chi connectivity index (χ4v) is 1.91. The molecule has 0 heterocycles. The Kier molecular flexibility index (Phi) is 4.58. The molecule has 0 amide bonds. The second-order valence-corrected chi connectivity index (χ2v) is 4.59. The Hall–Kier alpha value is -2.07. The summed E-state index contributed by atoms with van der Waals surface area (Å²) in [5.41, 5.74) is 1.72. The molecule has 3 nitrogen and oxygen atoms in total. The molecular weight excluding hydrogens is 281 g/mol. The average Bonchev–Trinajstić information content (AvgIpc) is 2.48. The third-order valence-corrected chi connectivity index (χ3v) is 3.03. The predicted molar refractivity (Wildman–Crippen MR) is 76.5 cm³/mol. The Balaban J connectivity index is 2.04. The van der Waals surface area contributed by atoms with E-state index in [1.165, 1.54) is 19.2 Å². The van der Waals surface area contributed by atoms with Gasteiger partial charge in [-0.25, -0.2) is 9.18 Å². The van der Waals surface area contributed by atoms with Crippen LogP contribution in [0.3, 0.4) is 0 Å². The number of ether oxygens (including phenoxy) is 1. The molecule has 0 saturated carbocycles. The first kappa shape index (κ1) is 14.3. The van der Waals surface area contributed by atoms with E-state index in [1.807, 2.05) is 0 Å². The first-order valence-electron chi connectivity index (χ1n) is 5.96. The Morgan fingerprint density at radius 3 is 2.60 bits per heavy atom. The first-order valence-corrected chi connectivity index (χ1v) is 6.34. The van der Waals surface area contributed by atoms with Crippen molar-refractivity contribution in [3.63, 3.8) is 0 Å². The summed E-state index contributed by atoms with van der Waals surface area (Å²) in [6, 6.07) is 11.2. The molecule has 0 aliphatic carbocycles. The minimum Gasteiger partial charge on any atom is -0.465 e. The Bertz CT molecular complexity index is 614. The SMILES string of the molecule is COC(=O)c1ccc(NCc2cc(Cl)ccc2F)cc1. The first-order chi connectivity index (χ1) is 9.60. The molecule has 0 aliphatic rings. The van der Waals surface area contributed by atoms with Crippen molar-refractivity contribution < 1.29 is 13.9 Å². The molecule has 2 aromatic carbocycles. The number of methoxy groups -OCH3 is 1. The van der Waals surface area contributed by atoms with Crippen LogP contribution in [0.2, 0.25) is 5.02 Å². The van der Waals surface area contributed by atoms with Crippen LogP contribution in [0.1, 0.15) is 15.9 Å². The lowest BCUT2D eigenvalue weighted by Gasteiger charge is -2.08. The number of hydrogen-bond acceptors (Lipinski definition) is 3. The van der Waals surface area contributed by atoms with Crippen LogP contribution in [0.5, 0.6) is 0 Å². The standard InChI is InChI=1S/C15H13ClFNO2/c1-20-15(19)10-2-5-13(6-3-10)18-9-11-8-12(16)4-7-14(11)17/h2-8,18H,9H2,1H3. The van der Waals surface area contributed by atoms with Crippen LogP contribution in [-0.4, -0.2) is 13.1 Å². The number of esters is 1. The van der Waals surface area contributed by atoms with Gasteiger partial charge in [-0.05, 0) is 42.5 Å². The number of carbonyl (C=O) groups is 1. The fourth-order valence-electron chi connectivity index (χ4n) is 1.72. The quantitative estimate of drug-likeness (QED) is 0.870. The molecule has 0 fully saturated rings. The van der Waals surface area contributed by atoms with Crippen LogP contribution in [0, 0.1) is 5.82 Å². The molecule has 0 bridgehead atoms. The molecular formula is C15H13ClFNO2. The van der Waals surface area contributed by atoms with Crippen molar-refractivity contribution in [2.24, 2.45) is 0 Å². The normalized spacial score (nSPS) is 10.2. The van der Waals surface area contributed by atoms with Crippen molar-refractivity contribution >= 4 is 23.3 Å². The van der Waals surface area contributed by atoms with Crippen molar-refractivity contribution in [1.82, 2.24) is 0 Å². The molecule has 20 heavy (non-hydrogen) atoms. The zero-order chi connectivity index (χ0) is 14.5. The number of hydrogen-bond donors (Lipinski definition) is 1. The van der Waals surface area contributed by atoms with Gasteiger partial charge in [0.15, 0.2) is 0 Å². The van der Waals surface area contributed by atoms with Gasteiger partial charge in [0.05, 0.1) is 12.7 Å². The summed E-state index contributed by atoms with van der Waals surface area (Å²) in [5.74, 6) is -0.703. The molecule has 2 rings (SSSR count). The van der Waals surface area contributed by atoms with Gasteiger partial charge in [0, 0.05) is 22.8 Å². The largest absolute Gasteiger partial charge is 0.465 e. The zero-order valence-electron chi connectivity index (χ0n) is 10.8. The number of benzene rings is 2. The third-order valence-electron chi connectivity index (χ3n) is 2.80. The maximum atomic E-state index is 13.5.